The zero-order valence-corrected chi connectivity index (χ0v) is 8.77. The number of fused-ring (bicyclic) bond motifs is 2. The molecule has 0 aromatic rings. The molecule has 2 bridgehead atoms. The van der Waals surface area contributed by atoms with Gasteiger partial charge in [0.05, 0.1) is 0 Å². The minimum atomic E-state index is 0.649. The van der Waals surface area contributed by atoms with E-state index in [0.717, 1.165) is 17.8 Å². The fraction of sp³-hybridized carbons (Fsp3) is 1.00. The van der Waals surface area contributed by atoms with Crippen LogP contribution in [0.4, 0.5) is 0 Å². The number of hydrogen-bond donors (Lipinski definition) is 0. The molecule has 0 saturated heterocycles. The Kier molecular flexibility index (Phi) is 1.97. The van der Waals surface area contributed by atoms with Gasteiger partial charge in [-0.1, -0.05) is 33.6 Å². The summed E-state index contributed by atoms with van der Waals surface area (Å²) < 4.78 is 0. The Hall–Kier alpha value is 0. The molecule has 2 fully saturated rings. The molecule has 0 heterocycles. The summed E-state index contributed by atoms with van der Waals surface area (Å²) in [5.41, 5.74) is 0.649. The molecule has 2 saturated carbocycles. The molecule has 70 valence electrons. The van der Waals surface area contributed by atoms with Gasteiger partial charge in [-0.2, -0.15) is 0 Å². The van der Waals surface area contributed by atoms with E-state index in [9.17, 15) is 0 Å². The molecule has 0 spiro atoms. The highest BCUT2D eigenvalue weighted by molar-refractivity contribution is 4.93. The van der Waals surface area contributed by atoms with Gasteiger partial charge in [0, 0.05) is 0 Å². The van der Waals surface area contributed by atoms with Crippen LogP contribution in [0.1, 0.15) is 52.9 Å². The van der Waals surface area contributed by atoms with E-state index in [0.29, 0.717) is 5.41 Å². The van der Waals surface area contributed by atoms with Gasteiger partial charge in [0.2, 0.25) is 0 Å². The van der Waals surface area contributed by atoms with E-state index in [4.69, 9.17) is 0 Å². The van der Waals surface area contributed by atoms with Gasteiger partial charge in [0.15, 0.2) is 0 Å². The smallest absolute Gasteiger partial charge is 0.0323 e. The third kappa shape index (κ3) is 1.20. The average molecular weight is 166 g/mol. The average Bonchev–Trinajstić information content (AvgIpc) is 1.99. The van der Waals surface area contributed by atoms with E-state index in [-0.39, 0.29) is 0 Å². The first kappa shape index (κ1) is 8.59. The summed E-state index contributed by atoms with van der Waals surface area (Å²) in [5, 5.41) is 0. The monoisotopic (exact) mass is 166 g/mol. The van der Waals surface area contributed by atoms with Crippen LogP contribution in [-0.2, 0) is 0 Å². The molecule has 0 N–H and O–H groups in total. The molecule has 12 heavy (non-hydrogen) atoms. The van der Waals surface area contributed by atoms with Crippen molar-refractivity contribution in [2.75, 3.05) is 0 Å². The predicted octanol–water partition coefficient (Wildman–Crippen LogP) is 3.86. The lowest BCUT2D eigenvalue weighted by Gasteiger charge is -2.50. The van der Waals surface area contributed by atoms with Gasteiger partial charge in [0.1, 0.15) is 0 Å². The number of hydrogen-bond acceptors (Lipinski definition) is 0. The highest BCUT2D eigenvalue weighted by atomic mass is 14.5. The quantitative estimate of drug-likeness (QED) is 0.512. The Morgan fingerprint density at radius 2 is 1.83 bits per heavy atom. The van der Waals surface area contributed by atoms with Crippen molar-refractivity contribution in [1.82, 2.24) is 0 Å². The molecule has 0 aromatic carbocycles. The summed E-state index contributed by atoms with van der Waals surface area (Å²) >= 11 is 0. The minimum absolute atomic E-state index is 0.649. The highest BCUT2D eigenvalue weighted by Crippen LogP contribution is 2.52. The van der Waals surface area contributed by atoms with Gasteiger partial charge in [-0.15, -0.1) is 0 Å². The van der Waals surface area contributed by atoms with Gasteiger partial charge >= 0.3 is 0 Å². The van der Waals surface area contributed by atoms with Gasteiger partial charge in [-0.05, 0) is 42.4 Å². The first-order chi connectivity index (χ1) is 5.61. The Labute approximate surface area is 76.7 Å². The molecule has 0 amide bonds. The van der Waals surface area contributed by atoms with E-state index in [1.54, 1.807) is 0 Å². The molecule has 0 nitrogen and oxygen atoms in total. The van der Waals surface area contributed by atoms with Crippen molar-refractivity contribution in [3.05, 3.63) is 0 Å². The normalized spacial score (nSPS) is 45.8. The summed E-state index contributed by atoms with van der Waals surface area (Å²) in [6.07, 6.45) is 7.51. The molecule has 2 aliphatic carbocycles. The van der Waals surface area contributed by atoms with E-state index in [2.05, 4.69) is 20.8 Å². The second-order valence-corrected chi connectivity index (χ2v) is 5.68. The van der Waals surface area contributed by atoms with Gasteiger partial charge in [-0.3, -0.25) is 0 Å². The van der Waals surface area contributed by atoms with Crippen LogP contribution in [0.15, 0.2) is 0 Å². The largest absolute Gasteiger partial charge is 0.0620 e. The first-order valence-electron chi connectivity index (χ1n) is 5.61. The van der Waals surface area contributed by atoms with Crippen molar-refractivity contribution in [2.24, 2.45) is 23.2 Å². The highest BCUT2D eigenvalue weighted by Gasteiger charge is 2.43. The summed E-state index contributed by atoms with van der Waals surface area (Å²) in [6, 6.07) is 0. The Balaban J connectivity index is 2.18. The lowest BCUT2D eigenvalue weighted by Crippen LogP contribution is -2.41. The maximum absolute atomic E-state index is 2.50. The Morgan fingerprint density at radius 3 is 2.50 bits per heavy atom. The molecule has 3 atom stereocenters. The van der Waals surface area contributed by atoms with Crippen molar-refractivity contribution >= 4 is 0 Å². The summed E-state index contributed by atoms with van der Waals surface area (Å²) in [5.74, 6) is 3.13. The minimum Gasteiger partial charge on any atom is -0.0620 e. The van der Waals surface area contributed by atoms with Crippen LogP contribution >= 0.6 is 0 Å². The third-order valence-electron chi connectivity index (χ3n) is 4.63. The molecule has 0 aromatic heterocycles. The van der Waals surface area contributed by atoms with E-state index < -0.39 is 0 Å². The first-order valence-corrected chi connectivity index (χ1v) is 5.61. The molecule has 0 aliphatic heterocycles. The van der Waals surface area contributed by atoms with E-state index in [1.165, 1.54) is 32.1 Å². The van der Waals surface area contributed by atoms with Crippen molar-refractivity contribution in [3.63, 3.8) is 0 Å². The van der Waals surface area contributed by atoms with Crippen LogP contribution in [-0.4, -0.2) is 0 Å². The molecule has 0 radical (unpaired) electrons. The predicted molar refractivity (Wildman–Crippen MR) is 53.0 cm³/mol. The van der Waals surface area contributed by atoms with Crippen LogP contribution in [0.3, 0.4) is 0 Å². The van der Waals surface area contributed by atoms with Crippen molar-refractivity contribution in [1.29, 1.82) is 0 Å². The van der Waals surface area contributed by atoms with E-state index in [1.807, 2.05) is 0 Å². The summed E-state index contributed by atoms with van der Waals surface area (Å²) in [4.78, 5) is 0. The zero-order chi connectivity index (χ0) is 8.77. The molecule has 2 aliphatic rings. The fourth-order valence-electron chi connectivity index (χ4n) is 3.71. The van der Waals surface area contributed by atoms with Crippen LogP contribution in [0.2, 0.25) is 0 Å². The maximum Gasteiger partial charge on any atom is -0.0323 e. The Bertz CT molecular complexity index is 169. The molecular formula is C12H22. The molecular weight excluding hydrogens is 144 g/mol. The summed E-state index contributed by atoms with van der Waals surface area (Å²) in [7, 11) is 0. The SMILES string of the molecule is CC1C2CCCC1C(C)(C)CC2. The topological polar surface area (TPSA) is 0 Å². The lowest BCUT2D eigenvalue weighted by molar-refractivity contribution is -0.000693. The maximum atomic E-state index is 2.50. The standard InChI is InChI=1S/C12H22/c1-9-10-5-4-6-11(9)12(2,3)8-7-10/h9-11H,4-8H2,1-3H3. The van der Waals surface area contributed by atoms with Crippen molar-refractivity contribution in [2.45, 2.75) is 52.9 Å². The van der Waals surface area contributed by atoms with Crippen LogP contribution in [0, 0.1) is 23.2 Å². The van der Waals surface area contributed by atoms with E-state index >= 15 is 0 Å². The van der Waals surface area contributed by atoms with Crippen LogP contribution in [0.5, 0.6) is 0 Å². The summed E-state index contributed by atoms with van der Waals surface area (Å²) in [6.45, 7) is 7.46. The second kappa shape index (κ2) is 2.75. The lowest BCUT2D eigenvalue weighted by atomic mass is 9.55. The number of rotatable bonds is 0. The second-order valence-electron chi connectivity index (χ2n) is 5.68. The van der Waals surface area contributed by atoms with Crippen LogP contribution < -0.4 is 0 Å². The van der Waals surface area contributed by atoms with Crippen molar-refractivity contribution in [3.8, 4) is 0 Å². The van der Waals surface area contributed by atoms with Gasteiger partial charge < -0.3 is 0 Å². The Morgan fingerprint density at radius 1 is 1.08 bits per heavy atom. The molecule has 2 rings (SSSR count). The zero-order valence-electron chi connectivity index (χ0n) is 8.77. The van der Waals surface area contributed by atoms with Crippen molar-refractivity contribution < 1.29 is 0 Å². The fourth-order valence-corrected chi connectivity index (χ4v) is 3.71. The molecule has 0 heteroatoms. The van der Waals surface area contributed by atoms with Gasteiger partial charge in [0.25, 0.3) is 0 Å². The third-order valence-corrected chi connectivity index (χ3v) is 4.63. The van der Waals surface area contributed by atoms with Gasteiger partial charge in [-0.25, -0.2) is 0 Å². The molecule has 3 unspecified atom stereocenters. The van der Waals surface area contributed by atoms with Crippen LogP contribution in [0.25, 0.3) is 0 Å².